The SMILES string of the molecule is O=C(NCCN1CCOC1=O)C1CCC(=O)N(Cc2ccccc2F)C1. The summed E-state index contributed by atoms with van der Waals surface area (Å²) in [6.45, 7) is 2.08. The van der Waals surface area contributed by atoms with E-state index in [0.717, 1.165) is 0 Å². The Hall–Kier alpha value is -2.64. The van der Waals surface area contributed by atoms with Gasteiger partial charge in [-0.1, -0.05) is 18.2 Å². The van der Waals surface area contributed by atoms with Crippen molar-refractivity contribution in [3.63, 3.8) is 0 Å². The number of ether oxygens (including phenoxy) is 1. The highest BCUT2D eigenvalue weighted by atomic mass is 19.1. The first-order valence-corrected chi connectivity index (χ1v) is 8.75. The van der Waals surface area contributed by atoms with Crippen LogP contribution in [0.2, 0.25) is 0 Å². The van der Waals surface area contributed by atoms with Crippen LogP contribution in [0.15, 0.2) is 24.3 Å². The molecule has 2 aliphatic heterocycles. The van der Waals surface area contributed by atoms with Gasteiger partial charge in [-0.25, -0.2) is 9.18 Å². The number of benzene rings is 1. The Bertz CT molecular complexity index is 697. The van der Waals surface area contributed by atoms with Crippen LogP contribution in [0.4, 0.5) is 9.18 Å². The fraction of sp³-hybridized carbons (Fsp3) is 0.500. The van der Waals surface area contributed by atoms with Gasteiger partial charge in [-0.3, -0.25) is 9.59 Å². The second-order valence-corrected chi connectivity index (χ2v) is 6.49. The summed E-state index contributed by atoms with van der Waals surface area (Å²) >= 11 is 0. The molecule has 1 aromatic rings. The summed E-state index contributed by atoms with van der Waals surface area (Å²) in [5.41, 5.74) is 0.439. The molecule has 0 aliphatic carbocycles. The average Bonchev–Trinajstić information content (AvgIpc) is 3.03. The minimum absolute atomic E-state index is 0.0721. The molecule has 8 heteroatoms. The van der Waals surface area contributed by atoms with Gasteiger partial charge < -0.3 is 19.9 Å². The molecule has 1 aromatic carbocycles. The van der Waals surface area contributed by atoms with Crippen molar-refractivity contribution in [3.05, 3.63) is 35.6 Å². The lowest BCUT2D eigenvalue weighted by Gasteiger charge is -2.32. The first-order chi connectivity index (χ1) is 12.5. The van der Waals surface area contributed by atoms with Crippen molar-refractivity contribution in [2.24, 2.45) is 5.92 Å². The van der Waals surface area contributed by atoms with Crippen LogP contribution in [-0.4, -0.2) is 60.5 Å². The highest BCUT2D eigenvalue weighted by Crippen LogP contribution is 2.21. The van der Waals surface area contributed by atoms with Gasteiger partial charge in [0, 0.05) is 38.2 Å². The molecule has 2 fully saturated rings. The Labute approximate surface area is 151 Å². The molecule has 26 heavy (non-hydrogen) atoms. The maximum atomic E-state index is 13.8. The molecule has 1 atom stereocenters. The Morgan fingerprint density at radius 3 is 2.81 bits per heavy atom. The number of piperidine rings is 1. The van der Waals surface area contributed by atoms with Gasteiger partial charge in [-0.2, -0.15) is 0 Å². The first kappa shape index (κ1) is 18.2. The summed E-state index contributed by atoms with van der Waals surface area (Å²) in [7, 11) is 0. The summed E-state index contributed by atoms with van der Waals surface area (Å²) in [4.78, 5) is 38.9. The molecule has 7 nitrogen and oxygen atoms in total. The van der Waals surface area contributed by atoms with Crippen molar-refractivity contribution in [1.82, 2.24) is 15.1 Å². The van der Waals surface area contributed by atoms with Crippen LogP contribution in [0.1, 0.15) is 18.4 Å². The van der Waals surface area contributed by atoms with E-state index in [9.17, 15) is 18.8 Å². The van der Waals surface area contributed by atoms with E-state index in [1.807, 2.05) is 0 Å². The Morgan fingerprint density at radius 1 is 1.27 bits per heavy atom. The zero-order chi connectivity index (χ0) is 18.5. The summed E-state index contributed by atoms with van der Waals surface area (Å²) in [6, 6.07) is 6.32. The van der Waals surface area contributed by atoms with E-state index < -0.39 is 0 Å². The molecule has 1 N–H and O–H groups in total. The Balaban J connectivity index is 1.50. The quantitative estimate of drug-likeness (QED) is 0.822. The molecule has 0 saturated carbocycles. The minimum Gasteiger partial charge on any atom is -0.448 e. The van der Waals surface area contributed by atoms with Gasteiger partial charge in [0.15, 0.2) is 0 Å². The Kier molecular flexibility index (Phi) is 5.70. The second-order valence-electron chi connectivity index (χ2n) is 6.49. The largest absolute Gasteiger partial charge is 0.448 e. The standard InChI is InChI=1S/C18H22FN3O4/c19-15-4-2-1-3-13(15)11-22-12-14(5-6-16(22)23)17(24)20-7-8-21-9-10-26-18(21)25/h1-4,14H,5-12H2,(H,20,24). The lowest BCUT2D eigenvalue weighted by molar-refractivity contribution is -0.138. The third kappa shape index (κ3) is 4.30. The zero-order valence-electron chi connectivity index (χ0n) is 14.4. The van der Waals surface area contributed by atoms with Gasteiger partial charge in [0.25, 0.3) is 0 Å². The first-order valence-electron chi connectivity index (χ1n) is 8.75. The summed E-state index contributed by atoms with van der Waals surface area (Å²) < 4.78 is 18.6. The molecule has 140 valence electrons. The van der Waals surface area contributed by atoms with E-state index >= 15 is 0 Å². The van der Waals surface area contributed by atoms with Crippen molar-refractivity contribution in [2.45, 2.75) is 19.4 Å². The zero-order valence-corrected chi connectivity index (χ0v) is 14.4. The van der Waals surface area contributed by atoms with Crippen LogP contribution < -0.4 is 5.32 Å². The predicted molar refractivity (Wildman–Crippen MR) is 90.5 cm³/mol. The van der Waals surface area contributed by atoms with E-state index in [1.165, 1.54) is 15.9 Å². The molecule has 2 aliphatic rings. The summed E-state index contributed by atoms with van der Waals surface area (Å²) in [6.07, 6.45) is 0.383. The van der Waals surface area contributed by atoms with Gasteiger partial charge >= 0.3 is 6.09 Å². The lowest BCUT2D eigenvalue weighted by Crippen LogP contribution is -2.46. The smallest absolute Gasteiger partial charge is 0.409 e. The number of nitrogens with one attached hydrogen (secondary N) is 1. The number of cyclic esters (lactones) is 1. The van der Waals surface area contributed by atoms with E-state index in [4.69, 9.17) is 4.74 Å². The molecule has 0 bridgehead atoms. The van der Waals surface area contributed by atoms with Gasteiger partial charge in [0.1, 0.15) is 12.4 Å². The number of carbonyl (C=O) groups excluding carboxylic acids is 3. The minimum atomic E-state index is -0.362. The number of nitrogens with zero attached hydrogens (tertiary/aromatic N) is 2. The van der Waals surface area contributed by atoms with Crippen LogP contribution in [0, 0.1) is 11.7 Å². The highest BCUT2D eigenvalue weighted by molar-refractivity contribution is 5.83. The highest BCUT2D eigenvalue weighted by Gasteiger charge is 2.30. The van der Waals surface area contributed by atoms with Gasteiger partial charge in [-0.15, -0.1) is 0 Å². The second kappa shape index (κ2) is 8.16. The number of amides is 3. The molecule has 0 spiro atoms. The third-order valence-electron chi connectivity index (χ3n) is 4.72. The molecule has 0 aromatic heterocycles. The van der Waals surface area contributed by atoms with Crippen LogP contribution in [0.5, 0.6) is 0 Å². The molecule has 2 heterocycles. The molecular weight excluding hydrogens is 341 g/mol. The van der Waals surface area contributed by atoms with Crippen LogP contribution >= 0.6 is 0 Å². The van der Waals surface area contributed by atoms with Crippen molar-refractivity contribution < 1.29 is 23.5 Å². The van der Waals surface area contributed by atoms with Gasteiger partial charge in [0.2, 0.25) is 11.8 Å². The number of likely N-dealkylation sites (tertiary alicyclic amines) is 1. The predicted octanol–water partition coefficient (Wildman–Crippen LogP) is 1.13. The van der Waals surface area contributed by atoms with E-state index in [0.29, 0.717) is 38.2 Å². The van der Waals surface area contributed by atoms with Crippen molar-refractivity contribution in [1.29, 1.82) is 0 Å². The van der Waals surface area contributed by atoms with E-state index in [1.54, 1.807) is 18.2 Å². The molecular formula is C18H22FN3O4. The van der Waals surface area contributed by atoms with Crippen molar-refractivity contribution in [2.75, 3.05) is 32.8 Å². The Morgan fingerprint density at radius 2 is 2.08 bits per heavy atom. The summed E-state index contributed by atoms with van der Waals surface area (Å²) in [5, 5.41) is 2.81. The van der Waals surface area contributed by atoms with E-state index in [2.05, 4.69) is 5.32 Å². The lowest BCUT2D eigenvalue weighted by atomic mass is 9.96. The summed E-state index contributed by atoms with van der Waals surface area (Å²) in [5.74, 6) is -0.907. The van der Waals surface area contributed by atoms with Gasteiger partial charge in [-0.05, 0) is 12.5 Å². The maximum Gasteiger partial charge on any atom is 0.409 e. The van der Waals surface area contributed by atoms with Crippen molar-refractivity contribution >= 4 is 17.9 Å². The normalized spacial score (nSPS) is 20.3. The van der Waals surface area contributed by atoms with Gasteiger partial charge in [0.05, 0.1) is 12.5 Å². The molecule has 1 unspecified atom stereocenters. The fourth-order valence-corrected chi connectivity index (χ4v) is 3.20. The number of hydrogen-bond acceptors (Lipinski definition) is 4. The number of carbonyl (C=O) groups is 3. The van der Waals surface area contributed by atoms with Crippen LogP contribution in [-0.2, 0) is 20.9 Å². The number of halogens is 1. The molecule has 2 saturated heterocycles. The van der Waals surface area contributed by atoms with E-state index in [-0.39, 0.29) is 49.2 Å². The fourth-order valence-electron chi connectivity index (χ4n) is 3.20. The molecule has 3 amide bonds. The number of rotatable bonds is 6. The topological polar surface area (TPSA) is 79.0 Å². The third-order valence-corrected chi connectivity index (χ3v) is 4.72. The molecule has 3 rings (SSSR count). The average molecular weight is 363 g/mol. The number of hydrogen-bond donors (Lipinski definition) is 1. The monoisotopic (exact) mass is 363 g/mol. The van der Waals surface area contributed by atoms with Crippen molar-refractivity contribution in [3.8, 4) is 0 Å². The van der Waals surface area contributed by atoms with Crippen LogP contribution in [0.3, 0.4) is 0 Å². The molecule has 0 radical (unpaired) electrons. The maximum absolute atomic E-state index is 13.8. The van der Waals surface area contributed by atoms with Crippen LogP contribution in [0.25, 0.3) is 0 Å².